The molecule has 2 N–H and O–H groups in total. The summed E-state index contributed by atoms with van der Waals surface area (Å²) < 4.78 is 4.83. The molecule has 1 aliphatic carbocycles. The number of carbonyl (C=O) groups is 1. The van der Waals surface area contributed by atoms with Crippen LogP contribution in [0.5, 0.6) is 0 Å². The van der Waals surface area contributed by atoms with E-state index in [4.69, 9.17) is 10.5 Å². The van der Waals surface area contributed by atoms with Gasteiger partial charge in [0, 0.05) is 12.1 Å². The first kappa shape index (κ1) is 9.89. The average molecular weight is 207 g/mol. The molecule has 0 amide bonds. The zero-order chi connectivity index (χ0) is 10.8. The molecule has 5 nitrogen and oxygen atoms in total. The number of rotatable bonds is 3. The second kappa shape index (κ2) is 3.84. The van der Waals surface area contributed by atoms with E-state index in [9.17, 15) is 4.79 Å². The molecule has 1 saturated carbocycles. The van der Waals surface area contributed by atoms with Crippen molar-refractivity contribution in [3.05, 3.63) is 17.6 Å². The Bertz CT molecular complexity index is 388. The first-order valence-electron chi connectivity index (χ1n) is 5.02. The molecule has 0 aliphatic heterocycles. The van der Waals surface area contributed by atoms with E-state index in [2.05, 4.69) is 9.97 Å². The topological polar surface area (TPSA) is 78.1 Å². The van der Waals surface area contributed by atoms with E-state index in [0.717, 1.165) is 18.7 Å². The molecule has 0 spiro atoms. The fourth-order valence-corrected chi connectivity index (χ4v) is 1.31. The van der Waals surface area contributed by atoms with E-state index in [1.165, 1.54) is 6.20 Å². The summed E-state index contributed by atoms with van der Waals surface area (Å²) in [6.07, 6.45) is 3.67. The van der Waals surface area contributed by atoms with Crippen LogP contribution in [0.25, 0.3) is 0 Å². The number of nitrogen functional groups attached to an aromatic ring is 1. The van der Waals surface area contributed by atoms with Crippen LogP contribution in [0.3, 0.4) is 0 Å². The summed E-state index contributed by atoms with van der Waals surface area (Å²) in [7, 11) is 0. The number of carbonyl (C=O) groups excluding carboxylic acids is 1. The van der Waals surface area contributed by atoms with Crippen LogP contribution >= 0.6 is 0 Å². The predicted molar refractivity (Wildman–Crippen MR) is 54.4 cm³/mol. The number of aromatic nitrogens is 2. The van der Waals surface area contributed by atoms with Gasteiger partial charge in [-0.3, -0.25) is 0 Å². The van der Waals surface area contributed by atoms with Gasteiger partial charge in [0.1, 0.15) is 17.2 Å². The van der Waals surface area contributed by atoms with Gasteiger partial charge in [-0.1, -0.05) is 0 Å². The van der Waals surface area contributed by atoms with Crippen molar-refractivity contribution in [1.29, 1.82) is 0 Å². The number of nitrogens with zero attached hydrogens (tertiary/aromatic N) is 2. The molecule has 5 heteroatoms. The smallest absolute Gasteiger partial charge is 0.343 e. The Morgan fingerprint density at radius 1 is 1.67 bits per heavy atom. The van der Waals surface area contributed by atoms with Crippen molar-refractivity contribution in [1.82, 2.24) is 9.97 Å². The number of esters is 1. The van der Waals surface area contributed by atoms with E-state index in [-0.39, 0.29) is 11.4 Å². The molecule has 1 aliphatic rings. The van der Waals surface area contributed by atoms with E-state index in [1.807, 2.05) is 0 Å². The molecule has 80 valence electrons. The lowest BCUT2D eigenvalue weighted by Gasteiger charge is -2.05. The van der Waals surface area contributed by atoms with Crippen LogP contribution in [0, 0.1) is 0 Å². The van der Waals surface area contributed by atoms with Crippen molar-refractivity contribution in [3.8, 4) is 0 Å². The summed E-state index contributed by atoms with van der Waals surface area (Å²) in [6, 6.07) is 0. The fraction of sp³-hybridized carbons (Fsp3) is 0.500. The van der Waals surface area contributed by atoms with Crippen LogP contribution in [-0.4, -0.2) is 22.5 Å². The third-order valence-corrected chi connectivity index (χ3v) is 2.27. The molecule has 1 fully saturated rings. The van der Waals surface area contributed by atoms with Gasteiger partial charge in [0.15, 0.2) is 0 Å². The van der Waals surface area contributed by atoms with Crippen molar-refractivity contribution >= 4 is 11.8 Å². The van der Waals surface area contributed by atoms with Crippen LogP contribution < -0.4 is 5.73 Å². The molecule has 15 heavy (non-hydrogen) atoms. The van der Waals surface area contributed by atoms with Gasteiger partial charge in [-0.05, 0) is 19.8 Å². The zero-order valence-electron chi connectivity index (χ0n) is 8.56. The maximum atomic E-state index is 11.4. The van der Waals surface area contributed by atoms with Crippen LogP contribution in [0.1, 0.15) is 41.9 Å². The molecular formula is C10H13N3O2. The van der Waals surface area contributed by atoms with E-state index in [0.29, 0.717) is 12.5 Å². The number of hydrogen-bond donors (Lipinski definition) is 1. The second-order valence-electron chi connectivity index (χ2n) is 3.52. The summed E-state index contributed by atoms with van der Waals surface area (Å²) in [5, 5.41) is 0. The van der Waals surface area contributed by atoms with Crippen molar-refractivity contribution in [2.75, 3.05) is 12.3 Å². The molecule has 0 unspecified atom stereocenters. The van der Waals surface area contributed by atoms with Gasteiger partial charge in [-0.25, -0.2) is 14.8 Å². The highest BCUT2D eigenvalue weighted by Crippen LogP contribution is 2.38. The molecule has 1 aromatic heterocycles. The van der Waals surface area contributed by atoms with Crippen molar-refractivity contribution in [2.45, 2.75) is 25.7 Å². The summed E-state index contributed by atoms with van der Waals surface area (Å²) in [6.45, 7) is 2.07. The van der Waals surface area contributed by atoms with E-state index >= 15 is 0 Å². The summed E-state index contributed by atoms with van der Waals surface area (Å²) in [5.41, 5.74) is 5.92. The minimum atomic E-state index is -0.461. The molecular weight excluding hydrogens is 194 g/mol. The molecule has 0 saturated heterocycles. The highest BCUT2D eigenvalue weighted by Gasteiger charge is 2.27. The fourth-order valence-electron chi connectivity index (χ4n) is 1.31. The third-order valence-electron chi connectivity index (χ3n) is 2.27. The van der Waals surface area contributed by atoms with Crippen LogP contribution in [0.4, 0.5) is 5.82 Å². The molecule has 1 heterocycles. The first-order valence-corrected chi connectivity index (χ1v) is 5.02. The van der Waals surface area contributed by atoms with Gasteiger partial charge in [-0.2, -0.15) is 0 Å². The van der Waals surface area contributed by atoms with Gasteiger partial charge in [0.05, 0.1) is 6.61 Å². The average Bonchev–Trinajstić information content (AvgIpc) is 3.01. The number of nitrogens with two attached hydrogens (primary N) is 1. The summed E-state index contributed by atoms with van der Waals surface area (Å²) in [4.78, 5) is 19.6. The lowest BCUT2D eigenvalue weighted by Crippen LogP contribution is -2.11. The lowest BCUT2D eigenvalue weighted by molar-refractivity contribution is 0.0526. The number of hydrogen-bond acceptors (Lipinski definition) is 5. The van der Waals surface area contributed by atoms with Crippen LogP contribution in [-0.2, 0) is 4.74 Å². The highest BCUT2D eigenvalue weighted by atomic mass is 16.5. The van der Waals surface area contributed by atoms with E-state index < -0.39 is 5.97 Å². The standard InChI is InChI=1S/C10H13N3O2/c1-2-15-10(14)7-5-12-9(6-3-4-6)13-8(7)11/h5-6H,2-4H2,1H3,(H2,11,12,13). The molecule has 2 rings (SSSR count). The molecule has 1 aromatic rings. The molecule has 0 atom stereocenters. The normalized spacial score (nSPS) is 15.0. The molecule has 0 radical (unpaired) electrons. The monoisotopic (exact) mass is 207 g/mol. The van der Waals surface area contributed by atoms with Gasteiger partial charge in [0.25, 0.3) is 0 Å². The third kappa shape index (κ3) is 2.06. The van der Waals surface area contributed by atoms with Crippen LogP contribution in [0.15, 0.2) is 6.20 Å². The Balaban J connectivity index is 2.21. The van der Waals surface area contributed by atoms with Gasteiger partial charge >= 0.3 is 5.97 Å². The number of ether oxygens (including phenoxy) is 1. The highest BCUT2D eigenvalue weighted by molar-refractivity contribution is 5.93. The predicted octanol–water partition coefficient (Wildman–Crippen LogP) is 1.11. The zero-order valence-corrected chi connectivity index (χ0v) is 8.56. The van der Waals surface area contributed by atoms with Gasteiger partial charge < -0.3 is 10.5 Å². The minimum Gasteiger partial charge on any atom is -0.462 e. The first-order chi connectivity index (χ1) is 7.22. The van der Waals surface area contributed by atoms with Gasteiger partial charge in [-0.15, -0.1) is 0 Å². The SMILES string of the molecule is CCOC(=O)c1cnc(C2CC2)nc1N. The maximum Gasteiger partial charge on any atom is 0.343 e. The van der Waals surface area contributed by atoms with Crippen LogP contribution in [0.2, 0.25) is 0 Å². The Morgan fingerprint density at radius 3 is 2.93 bits per heavy atom. The Kier molecular flexibility index (Phi) is 2.53. The minimum absolute atomic E-state index is 0.213. The van der Waals surface area contributed by atoms with E-state index in [1.54, 1.807) is 6.92 Å². The largest absolute Gasteiger partial charge is 0.462 e. The quantitative estimate of drug-likeness (QED) is 0.751. The second-order valence-corrected chi connectivity index (χ2v) is 3.52. The van der Waals surface area contributed by atoms with Crippen molar-refractivity contribution in [2.24, 2.45) is 0 Å². The summed E-state index contributed by atoms with van der Waals surface area (Å²) in [5.74, 6) is 0.923. The lowest BCUT2D eigenvalue weighted by atomic mass is 10.3. The molecule has 0 aromatic carbocycles. The Morgan fingerprint density at radius 2 is 2.40 bits per heavy atom. The molecule has 0 bridgehead atoms. The Hall–Kier alpha value is -1.65. The van der Waals surface area contributed by atoms with Gasteiger partial charge in [0.2, 0.25) is 0 Å². The maximum absolute atomic E-state index is 11.4. The van der Waals surface area contributed by atoms with Crippen molar-refractivity contribution < 1.29 is 9.53 Å². The van der Waals surface area contributed by atoms with Crippen molar-refractivity contribution in [3.63, 3.8) is 0 Å². The Labute approximate surface area is 87.7 Å². The summed E-state index contributed by atoms with van der Waals surface area (Å²) >= 11 is 0. The number of anilines is 1.